The Morgan fingerprint density at radius 2 is 2.10 bits per heavy atom. The third-order valence-corrected chi connectivity index (χ3v) is 5.38. The van der Waals surface area contributed by atoms with Gasteiger partial charge in [-0.25, -0.2) is 9.37 Å². The standard InChI is InChI=1S/C22H31FN6O.HI/c1-24-22(26-14-19(28(2)3)17-8-5-6-10-20(17)30-4)27-16-11-13-29(15-16)21-18(23)9-7-12-25-21;/h5-10,12,16,19H,11,13-15H2,1-4H3,(H2,24,26,27);1H. The monoisotopic (exact) mass is 542 g/mol. The van der Waals surface area contributed by atoms with Gasteiger partial charge in [0.05, 0.1) is 13.2 Å². The van der Waals surface area contributed by atoms with Gasteiger partial charge in [0.1, 0.15) is 5.75 Å². The molecule has 1 aliphatic rings. The van der Waals surface area contributed by atoms with Crippen molar-refractivity contribution >= 4 is 35.8 Å². The molecule has 1 aliphatic heterocycles. The number of likely N-dealkylation sites (N-methyl/N-ethyl adjacent to an activating group) is 1. The molecule has 7 nitrogen and oxygen atoms in total. The lowest BCUT2D eigenvalue weighted by molar-refractivity contribution is 0.287. The molecule has 0 bridgehead atoms. The zero-order valence-corrected chi connectivity index (χ0v) is 20.8. The fraction of sp³-hybridized carbons (Fsp3) is 0.455. The van der Waals surface area contributed by atoms with E-state index in [0.717, 1.165) is 30.2 Å². The van der Waals surface area contributed by atoms with Crippen molar-refractivity contribution in [3.05, 3.63) is 54.0 Å². The molecule has 1 fully saturated rings. The third kappa shape index (κ3) is 6.42. The third-order valence-electron chi connectivity index (χ3n) is 5.38. The molecule has 2 heterocycles. The van der Waals surface area contributed by atoms with Crippen molar-refractivity contribution in [3.8, 4) is 5.75 Å². The first-order valence-corrected chi connectivity index (χ1v) is 10.2. The van der Waals surface area contributed by atoms with Gasteiger partial charge in [-0.15, -0.1) is 24.0 Å². The fourth-order valence-corrected chi connectivity index (χ4v) is 3.77. The van der Waals surface area contributed by atoms with E-state index in [0.29, 0.717) is 18.9 Å². The second-order valence-corrected chi connectivity index (χ2v) is 7.56. The number of aromatic nitrogens is 1. The highest BCUT2D eigenvalue weighted by molar-refractivity contribution is 14.0. The summed E-state index contributed by atoms with van der Waals surface area (Å²) in [6.07, 6.45) is 2.51. The molecule has 0 aliphatic carbocycles. The highest BCUT2D eigenvalue weighted by atomic mass is 127. The highest BCUT2D eigenvalue weighted by Gasteiger charge is 2.26. The summed E-state index contributed by atoms with van der Waals surface area (Å²) in [7, 11) is 7.54. The number of hydrogen-bond donors (Lipinski definition) is 2. The van der Waals surface area contributed by atoms with Crippen LogP contribution in [0.5, 0.6) is 5.75 Å². The normalized spacial score (nSPS) is 17.3. The quantitative estimate of drug-likeness (QED) is 0.319. The number of nitrogens with one attached hydrogen (secondary N) is 2. The van der Waals surface area contributed by atoms with E-state index in [2.05, 4.69) is 31.6 Å². The van der Waals surface area contributed by atoms with Crippen LogP contribution in [-0.4, -0.2) is 69.8 Å². The number of methoxy groups -OCH3 is 1. The molecule has 1 saturated heterocycles. The Bertz CT molecular complexity index is 865. The van der Waals surface area contributed by atoms with Crippen LogP contribution in [0.15, 0.2) is 47.6 Å². The maximum Gasteiger partial charge on any atom is 0.191 e. The molecule has 3 rings (SSSR count). The second kappa shape index (κ2) is 12.0. The summed E-state index contributed by atoms with van der Waals surface area (Å²) in [5, 5.41) is 6.88. The van der Waals surface area contributed by atoms with Crippen LogP contribution in [0.25, 0.3) is 0 Å². The highest BCUT2D eigenvalue weighted by Crippen LogP contribution is 2.27. The minimum absolute atomic E-state index is 0. The van der Waals surface area contributed by atoms with E-state index in [9.17, 15) is 4.39 Å². The van der Waals surface area contributed by atoms with E-state index in [-0.39, 0.29) is 41.9 Å². The molecule has 170 valence electrons. The smallest absolute Gasteiger partial charge is 0.191 e. The Kier molecular flexibility index (Phi) is 9.76. The minimum atomic E-state index is -0.286. The van der Waals surface area contributed by atoms with Crippen LogP contribution >= 0.6 is 24.0 Å². The van der Waals surface area contributed by atoms with E-state index < -0.39 is 0 Å². The maximum absolute atomic E-state index is 14.0. The first-order chi connectivity index (χ1) is 14.5. The number of nitrogens with zero attached hydrogens (tertiary/aromatic N) is 4. The predicted molar refractivity (Wildman–Crippen MR) is 134 cm³/mol. The molecule has 2 aromatic rings. The van der Waals surface area contributed by atoms with Crippen LogP contribution in [-0.2, 0) is 0 Å². The van der Waals surface area contributed by atoms with Gasteiger partial charge in [-0.05, 0) is 38.7 Å². The van der Waals surface area contributed by atoms with E-state index in [1.54, 1.807) is 26.4 Å². The van der Waals surface area contributed by atoms with Crippen molar-refractivity contribution in [1.82, 2.24) is 20.5 Å². The van der Waals surface area contributed by atoms with Gasteiger partial charge in [0.25, 0.3) is 0 Å². The van der Waals surface area contributed by atoms with Crippen LogP contribution in [0.3, 0.4) is 0 Å². The molecule has 2 unspecified atom stereocenters. The molecule has 0 amide bonds. The van der Waals surface area contributed by atoms with Crippen LogP contribution in [0.2, 0.25) is 0 Å². The van der Waals surface area contributed by atoms with Gasteiger partial charge in [-0.1, -0.05) is 18.2 Å². The number of guanidine groups is 1. The molecule has 2 atom stereocenters. The Balaban J connectivity index is 0.00000341. The molecule has 9 heteroatoms. The molecule has 31 heavy (non-hydrogen) atoms. The van der Waals surface area contributed by atoms with Crippen molar-refractivity contribution in [3.63, 3.8) is 0 Å². The summed E-state index contributed by atoms with van der Waals surface area (Å²) in [5.74, 6) is 1.72. The number of pyridine rings is 1. The van der Waals surface area contributed by atoms with E-state index in [4.69, 9.17) is 4.74 Å². The summed E-state index contributed by atoms with van der Waals surface area (Å²) in [5.41, 5.74) is 1.12. The van der Waals surface area contributed by atoms with Crippen LogP contribution in [0.4, 0.5) is 10.2 Å². The molecule has 2 N–H and O–H groups in total. The Hall–Kier alpha value is -2.14. The van der Waals surface area contributed by atoms with E-state index in [1.807, 2.05) is 37.2 Å². The van der Waals surface area contributed by atoms with Crippen LogP contribution in [0, 0.1) is 5.82 Å². The Labute approximate surface area is 201 Å². The van der Waals surface area contributed by atoms with Crippen molar-refractivity contribution in [1.29, 1.82) is 0 Å². The maximum atomic E-state index is 14.0. The SMILES string of the molecule is CN=C(NCC(c1ccccc1OC)N(C)C)NC1CCN(c2ncccc2F)C1.I. The molecular formula is C22H32FIN6O. The lowest BCUT2D eigenvalue weighted by Crippen LogP contribution is -2.46. The Morgan fingerprint density at radius 3 is 2.77 bits per heavy atom. The molecule has 0 saturated carbocycles. The largest absolute Gasteiger partial charge is 0.496 e. The number of halogens is 2. The van der Waals surface area contributed by atoms with Crippen molar-refractivity contribution in [2.45, 2.75) is 18.5 Å². The number of anilines is 1. The summed E-state index contributed by atoms with van der Waals surface area (Å²) in [6.45, 7) is 2.10. The van der Waals surface area contributed by atoms with Crippen molar-refractivity contribution in [2.24, 2.45) is 4.99 Å². The predicted octanol–water partition coefficient (Wildman–Crippen LogP) is 2.89. The molecule has 0 spiro atoms. The average Bonchev–Trinajstić information content (AvgIpc) is 3.21. The molecule has 1 aromatic carbocycles. The van der Waals surface area contributed by atoms with Crippen LogP contribution in [0.1, 0.15) is 18.0 Å². The van der Waals surface area contributed by atoms with Gasteiger partial charge in [0, 0.05) is 44.5 Å². The van der Waals surface area contributed by atoms with Gasteiger partial charge < -0.3 is 25.2 Å². The number of benzene rings is 1. The first-order valence-electron chi connectivity index (χ1n) is 10.2. The van der Waals surface area contributed by atoms with Gasteiger partial charge in [0.2, 0.25) is 0 Å². The van der Waals surface area contributed by atoms with E-state index in [1.165, 1.54) is 6.07 Å². The minimum Gasteiger partial charge on any atom is -0.496 e. The topological polar surface area (TPSA) is 65.0 Å². The van der Waals surface area contributed by atoms with Gasteiger partial charge in [0.15, 0.2) is 17.6 Å². The zero-order valence-electron chi connectivity index (χ0n) is 18.5. The fourth-order valence-electron chi connectivity index (χ4n) is 3.77. The summed E-state index contributed by atoms with van der Waals surface area (Å²) in [6, 6.07) is 11.4. The van der Waals surface area contributed by atoms with Gasteiger partial charge in [-0.2, -0.15) is 0 Å². The van der Waals surface area contributed by atoms with Crippen LogP contribution < -0.4 is 20.3 Å². The van der Waals surface area contributed by atoms with Gasteiger partial charge in [-0.3, -0.25) is 4.99 Å². The van der Waals surface area contributed by atoms with Crippen molar-refractivity contribution in [2.75, 3.05) is 52.8 Å². The average molecular weight is 542 g/mol. The number of hydrogen-bond acceptors (Lipinski definition) is 5. The molecular weight excluding hydrogens is 510 g/mol. The summed E-state index contributed by atoms with van der Waals surface area (Å²) >= 11 is 0. The number of aliphatic imine (C=N–C) groups is 1. The zero-order chi connectivity index (χ0) is 21.5. The second-order valence-electron chi connectivity index (χ2n) is 7.56. The number of ether oxygens (including phenoxy) is 1. The lowest BCUT2D eigenvalue weighted by Gasteiger charge is -2.28. The first kappa shape index (κ1) is 25.1. The molecule has 1 aromatic heterocycles. The van der Waals surface area contributed by atoms with Gasteiger partial charge >= 0.3 is 0 Å². The number of rotatable bonds is 7. The summed E-state index contributed by atoms with van der Waals surface area (Å²) in [4.78, 5) is 12.7. The summed E-state index contributed by atoms with van der Waals surface area (Å²) < 4.78 is 19.6. The van der Waals surface area contributed by atoms with Crippen molar-refractivity contribution < 1.29 is 9.13 Å². The Morgan fingerprint density at radius 1 is 1.32 bits per heavy atom. The van der Waals surface area contributed by atoms with E-state index >= 15 is 0 Å². The number of para-hydroxylation sites is 1. The lowest BCUT2D eigenvalue weighted by atomic mass is 10.0. The molecule has 0 radical (unpaired) electrons.